The quantitative estimate of drug-likeness (QED) is 0.556. The molecule has 2 aliphatic heterocycles. The third kappa shape index (κ3) is 5.21. The fourth-order valence-electron chi connectivity index (χ4n) is 4.78. The van der Waals surface area contributed by atoms with E-state index in [1.54, 1.807) is 5.57 Å². The molecule has 0 spiro atoms. The van der Waals surface area contributed by atoms with Gasteiger partial charge in [-0.2, -0.15) is 0 Å². The maximum Gasteiger partial charge on any atom is 0.0971 e. The summed E-state index contributed by atoms with van der Waals surface area (Å²) in [7, 11) is 2.17. The van der Waals surface area contributed by atoms with Gasteiger partial charge in [-0.25, -0.2) is 0 Å². The predicted molar refractivity (Wildman–Crippen MR) is 112 cm³/mol. The van der Waals surface area contributed by atoms with Crippen molar-refractivity contribution in [2.45, 2.75) is 50.6 Å². The van der Waals surface area contributed by atoms with Gasteiger partial charge in [-0.15, -0.1) is 0 Å². The molecule has 2 N–H and O–H groups in total. The van der Waals surface area contributed by atoms with Gasteiger partial charge >= 0.3 is 0 Å². The van der Waals surface area contributed by atoms with E-state index in [1.807, 2.05) is 0 Å². The Morgan fingerprint density at radius 2 is 1.89 bits per heavy atom. The Labute approximate surface area is 165 Å². The van der Waals surface area contributed by atoms with Crippen LogP contribution in [0.25, 0.3) is 0 Å². The van der Waals surface area contributed by atoms with E-state index < -0.39 is 0 Å². The first-order valence-electron chi connectivity index (χ1n) is 11.0. The maximum atomic E-state index is 8.39. The average Bonchev–Trinajstić information content (AvgIpc) is 3.47. The molecular formula is C22H37N5. The van der Waals surface area contributed by atoms with Crippen LogP contribution in [0.4, 0.5) is 0 Å². The molecule has 5 heteroatoms. The summed E-state index contributed by atoms with van der Waals surface area (Å²) in [6.45, 7) is 7.66. The first kappa shape index (κ1) is 19.2. The second kappa shape index (κ2) is 8.89. The molecule has 0 aromatic rings. The molecule has 0 radical (unpaired) electrons. The van der Waals surface area contributed by atoms with Gasteiger partial charge in [-0.1, -0.05) is 18.2 Å². The van der Waals surface area contributed by atoms with Crippen molar-refractivity contribution in [1.29, 1.82) is 5.41 Å². The van der Waals surface area contributed by atoms with Gasteiger partial charge in [0.1, 0.15) is 0 Å². The van der Waals surface area contributed by atoms with Gasteiger partial charge in [0.05, 0.1) is 5.84 Å². The fraction of sp³-hybridized carbons (Fsp3) is 0.773. The fourth-order valence-corrected chi connectivity index (χ4v) is 4.78. The first-order chi connectivity index (χ1) is 13.2. The first-order valence-corrected chi connectivity index (χ1v) is 11.0. The van der Waals surface area contributed by atoms with Gasteiger partial charge in [0.15, 0.2) is 0 Å². The maximum absolute atomic E-state index is 8.39. The normalized spacial score (nSPS) is 30.4. The number of nitrogens with zero attached hydrogens (tertiary/aromatic N) is 3. The number of hydrogen-bond acceptors (Lipinski definition) is 4. The minimum Gasteiger partial charge on any atom is -0.358 e. The van der Waals surface area contributed by atoms with E-state index in [9.17, 15) is 0 Å². The lowest BCUT2D eigenvalue weighted by atomic mass is 10.0. The van der Waals surface area contributed by atoms with E-state index in [0.717, 1.165) is 56.9 Å². The number of hydrogen-bond donors (Lipinski definition) is 2. The molecular weight excluding hydrogens is 334 g/mol. The van der Waals surface area contributed by atoms with Crippen LogP contribution in [-0.4, -0.2) is 85.5 Å². The molecule has 0 bridgehead atoms. The second-order valence-corrected chi connectivity index (χ2v) is 8.90. The van der Waals surface area contributed by atoms with E-state index >= 15 is 0 Å². The summed E-state index contributed by atoms with van der Waals surface area (Å²) in [6, 6.07) is 1.42. The largest absolute Gasteiger partial charge is 0.358 e. The molecule has 0 unspecified atom stereocenters. The van der Waals surface area contributed by atoms with Gasteiger partial charge in [0.2, 0.25) is 0 Å². The van der Waals surface area contributed by atoms with Gasteiger partial charge in [0.25, 0.3) is 0 Å². The Morgan fingerprint density at radius 3 is 2.59 bits per heavy atom. The smallest absolute Gasteiger partial charge is 0.0971 e. The van der Waals surface area contributed by atoms with Crippen LogP contribution in [0.15, 0.2) is 23.8 Å². The summed E-state index contributed by atoms with van der Waals surface area (Å²) in [6.07, 6.45) is 14.4. The summed E-state index contributed by atoms with van der Waals surface area (Å²) in [4.78, 5) is 7.20. The summed E-state index contributed by atoms with van der Waals surface area (Å²) in [5.41, 5.74) is 1.58. The highest BCUT2D eigenvalue weighted by Gasteiger charge is 2.40. The van der Waals surface area contributed by atoms with E-state index in [4.69, 9.17) is 5.41 Å². The molecule has 2 saturated heterocycles. The standard InChI is InChI=1S/C22H37N5/c1-25-13-15-27(16-14-25)22(23)9-12-26-10-7-19(8-11-26)24-21-17-20(21)18-5-3-2-4-6-18/h3,5-6,19-21,23-24H,2,4,7-17H2,1H3/t20-,21+/m0/s1. The molecule has 150 valence electrons. The van der Waals surface area contributed by atoms with Crippen molar-refractivity contribution in [2.75, 3.05) is 52.9 Å². The van der Waals surface area contributed by atoms with Crippen molar-refractivity contribution in [3.8, 4) is 0 Å². The van der Waals surface area contributed by atoms with Crippen molar-refractivity contribution in [3.63, 3.8) is 0 Å². The molecule has 4 rings (SSSR count). The van der Waals surface area contributed by atoms with E-state index in [2.05, 4.69) is 45.3 Å². The number of piperazine rings is 1. The zero-order valence-electron chi connectivity index (χ0n) is 17.0. The monoisotopic (exact) mass is 371 g/mol. The summed E-state index contributed by atoms with van der Waals surface area (Å²) >= 11 is 0. The van der Waals surface area contributed by atoms with Crippen LogP contribution in [0.2, 0.25) is 0 Å². The van der Waals surface area contributed by atoms with Crippen molar-refractivity contribution < 1.29 is 0 Å². The topological polar surface area (TPSA) is 45.6 Å². The third-order valence-corrected chi connectivity index (χ3v) is 6.83. The lowest BCUT2D eigenvalue weighted by Gasteiger charge is -2.36. The molecule has 0 amide bonds. The van der Waals surface area contributed by atoms with Crippen molar-refractivity contribution in [1.82, 2.24) is 20.0 Å². The van der Waals surface area contributed by atoms with Crippen LogP contribution in [0.3, 0.4) is 0 Å². The molecule has 0 aromatic heterocycles. The van der Waals surface area contributed by atoms with Crippen LogP contribution in [0.1, 0.15) is 38.5 Å². The number of nitrogens with one attached hydrogen (secondary N) is 2. The van der Waals surface area contributed by atoms with Crippen molar-refractivity contribution in [3.05, 3.63) is 23.8 Å². The minimum absolute atomic E-state index is 0.696. The Hall–Kier alpha value is -1.17. The summed E-state index contributed by atoms with van der Waals surface area (Å²) < 4.78 is 0. The van der Waals surface area contributed by atoms with Gasteiger partial charge < -0.3 is 20.0 Å². The molecule has 4 aliphatic rings. The van der Waals surface area contributed by atoms with Gasteiger partial charge in [-0.3, -0.25) is 5.41 Å². The number of allylic oxidation sites excluding steroid dienone is 3. The Balaban J connectivity index is 1.11. The molecule has 3 fully saturated rings. The Morgan fingerprint density at radius 1 is 1.11 bits per heavy atom. The molecule has 0 aromatic carbocycles. The third-order valence-electron chi connectivity index (χ3n) is 6.83. The van der Waals surface area contributed by atoms with Crippen LogP contribution < -0.4 is 5.32 Å². The minimum atomic E-state index is 0.696. The Bertz CT molecular complexity index is 567. The highest BCUT2D eigenvalue weighted by atomic mass is 15.3. The molecule has 2 aliphatic carbocycles. The molecule has 5 nitrogen and oxygen atoms in total. The van der Waals surface area contributed by atoms with Crippen LogP contribution in [0.5, 0.6) is 0 Å². The van der Waals surface area contributed by atoms with Gasteiger partial charge in [-0.05, 0) is 57.8 Å². The molecule has 2 heterocycles. The summed E-state index contributed by atoms with van der Waals surface area (Å²) in [5, 5.41) is 12.3. The number of likely N-dealkylation sites (tertiary alicyclic amines) is 1. The zero-order chi connectivity index (χ0) is 18.6. The molecule has 2 atom stereocenters. The molecule has 1 saturated carbocycles. The van der Waals surface area contributed by atoms with Crippen molar-refractivity contribution in [2.24, 2.45) is 5.92 Å². The van der Waals surface area contributed by atoms with E-state index in [-0.39, 0.29) is 0 Å². The highest BCUT2D eigenvalue weighted by molar-refractivity contribution is 5.79. The number of amidine groups is 1. The molecule has 27 heavy (non-hydrogen) atoms. The predicted octanol–water partition coefficient (Wildman–Crippen LogP) is 2.32. The Kier molecular flexibility index (Phi) is 6.31. The van der Waals surface area contributed by atoms with E-state index in [0.29, 0.717) is 6.04 Å². The zero-order valence-corrected chi connectivity index (χ0v) is 17.0. The number of likely N-dealkylation sites (N-methyl/N-ethyl adjacent to an activating group) is 1. The second-order valence-electron chi connectivity index (χ2n) is 8.90. The lowest BCUT2D eigenvalue weighted by molar-refractivity contribution is 0.191. The average molecular weight is 372 g/mol. The van der Waals surface area contributed by atoms with Crippen LogP contribution in [-0.2, 0) is 0 Å². The van der Waals surface area contributed by atoms with E-state index in [1.165, 1.54) is 45.2 Å². The number of rotatable bonds is 6. The van der Waals surface area contributed by atoms with Crippen LogP contribution in [0, 0.1) is 11.3 Å². The van der Waals surface area contributed by atoms with Gasteiger partial charge in [0, 0.05) is 57.1 Å². The summed E-state index contributed by atoms with van der Waals surface area (Å²) in [5.74, 6) is 1.63. The SMILES string of the molecule is CN1CCN(C(=N)CCN2CCC(N[C@@H]3C[C@H]3C3=CCCC=C3)CC2)CC1. The lowest BCUT2D eigenvalue weighted by Crippen LogP contribution is -2.48. The van der Waals surface area contributed by atoms with Crippen LogP contribution >= 0.6 is 0 Å². The number of piperidine rings is 1. The van der Waals surface area contributed by atoms with Crippen molar-refractivity contribution >= 4 is 5.84 Å². The highest BCUT2D eigenvalue weighted by Crippen LogP contribution is 2.40.